The Hall–Kier alpha value is -2.40. The van der Waals surface area contributed by atoms with E-state index in [1.54, 1.807) is 0 Å². The number of nitrogens with zero attached hydrogens (tertiary/aromatic N) is 3. The van der Waals surface area contributed by atoms with Gasteiger partial charge in [0.25, 0.3) is 0 Å². The molecule has 1 saturated carbocycles. The molecule has 4 rings (SSSR count). The lowest BCUT2D eigenvalue weighted by molar-refractivity contribution is -0.119. The quantitative estimate of drug-likeness (QED) is 0.747. The molecule has 1 amide bonds. The van der Waals surface area contributed by atoms with Gasteiger partial charge in [-0.1, -0.05) is 43.6 Å². The molecule has 0 spiro atoms. The molecule has 26 heavy (non-hydrogen) atoms. The second kappa shape index (κ2) is 5.81. The van der Waals surface area contributed by atoms with Gasteiger partial charge in [-0.15, -0.1) is 10.2 Å². The maximum atomic E-state index is 11.5. The summed E-state index contributed by atoms with van der Waals surface area (Å²) in [6, 6.07) is 12.0. The van der Waals surface area contributed by atoms with Crippen LogP contribution in [0.15, 0.2) is 42.6 Å². The number of carbonyl (C=O) groups excluding carboxylic acids is 1. The summed E-state index contributed by atoms with van der Waals surface area (Å²) in [5.74, 6) is 0.614. The van der Waals surface area contributed by atoms with E-state index in [9.17, 15) is 4.79 Å². The Bertz CT molecular complexity index is 987. The summed E-state index contributed by atoms with van der Waals surface area (Å²) in [6.45, 7) is 4.01. The van der Waals surface area contributed by atoms with Crippen molar-refractivity contribution in [3.63, 3.8) is 0 Å². The number of hydrogen-bond acceptors (Lipinski definition) is 3. The van der Waals surface area contributed by atoms with E-state index >= 15 is 0 Å². The molecule has 0 saturated heterocycles. The Kier molecular flexibility index (Phi) is 3.81. The number of amides is 1. The molecule has 3 aromatic rings. The summed E-state index contributed by atoms with van der Waals surface area (Å²) in [5.41, 5.74) is 7.89. The van der Waals surface area contributed by atoms with Crippen LogP contribution < -0.4 is 5.73 Å². The zero-order chi connectivity index (χ0) is 18.5. The molecule has 134 valence electrons. The summed E-state index contributed by atoms with van der Waals surface area (Å²) in [5, 5.41) is 9.75. The Balaban J connectivity index is 1.83. The normalized spacial score (nSPS) is 16.0. The Labute approximate surface area is 157 Å². The highest BCUT2D eigenvalue weighted by Crippen LogP contribution is 2.53. The minimum Gasteiger partial charge on any atom is -0.370 e. The summed E-state index contributed by atoms with van der Waals surface area (Å²) in [7, 11) is 0. The number of halogens is 1. The van der Waals surface area contributed by atoms with Crippen LogP contribution in [0.25, 0.3) is 5.65 Å². The van der Waals surface area contributed by atoms with Gasteiger partial charge < -0.3 is 5.73 Å². The molecule has 0 unspecified atom stereocenters. The van der Waals surface area contributed by atoms with Crippen LogP contribution in [0.4, 0.5) is 0 Å². The van der Waals surface area contributed by atoms with Gasteiger partial charge in [0.15, 0.2) is 5.65 Å². The lowest BCUT2D eigenvalue weighted by atomic mass is 9.82. The standard InChI is InChI=1S/C20H21ClN4O/c1-19(2,12-16(22)26)15-4-3-11-25-17(15)23-24-18(25)20(9-10-20)13-5-7-14(21)8-6-13/h3-8,11H,9-10,12H2,1-2H3,(H2,22,26). The van der Waals surface area contributed by atoms with E-state index in [1.807, 2.05) is 44.3 Å². The van der Waals surface area contributed by atoms with Gasteiger partial charge >= 0.3 is 0 Å². The number of nitrogens with two attached hydrogens (primary N) is 1. The van der Waals surface area contributed by atoms with Crippen molar-refractivity contribution in [2.75, 3.05) is 0 Å². The number of primary amides is 1. The highest BCUT2D eigenvalue weighted by Gasteiger charge is 2.49. The van der Waals surface area contributed by atoms with E-state index in [0.717, 1.165) is 34.9 Å². The van der Waals surface area contributed by atoms with Crippen molar-refractivity contribution >= 4 is 23.2 Å². The van der Waals surface area contributed by atoms with E-state index in [2.05, 4.69) is 26.7 Å². The Morgan fingerprint density at radius 1 is 1.23 bits per heavy atom. The SMILES string of the molecule is CC(C)(CC(N)=O)c1cccn2c(C3(c4ccc(Cl)cc4)CC3)nnc12. The summed E-state index contributed by atoms with van der Waals surface area (Å²) < 4.78 is 2.06. The number of fused-ring (bicyclic) bond motifs is 1. The molecule has 0 radical (unpaired) electrons. The molecule has 6 heteroatoms. The highest BCUT2D eigenvalue weighted by molar-refractivity contribution is 6.30. The van der Waals surface area contributed by atoms with Crippen molar-refractivity contribution in [1.82, 2.24) is 14.6 Å². The number of carbonyl (C=O) groups is 1. The van der Waals surface area contributed by atoms with E-state index in [1.165, 1.54) is 5.56 Å². The summed E-state index contributed by atoms with van der Waals surface area (Å²) >= 11 is 6.04. The van der Waals surface area contributed by atoms with Gasteiger partial charge in [-0.25, -0.2) is 0 Å². The van der Waals surface area contributed by atoms with Crippen LogP contribution in [0.3, 0.4) is 0 Å². The van der Waals surface area contributed by atoms with Crippen LogP contribution in [-0.2, 0) is 15.6 Å². The monoisotopic (exact) mass is 368 g/mol. The molecule has 0 aliphatic heterocycles. The topological polar surface area (TPSA) is 73.3 Å². The first kappa shape index (κ1) is 17.0. The third kappa shape index (κ3) is 2.67. The van der Waals surface area contributed by atoms with Crippen LogP contribution in [0.1, 0.15) is 50.1 Å². The second-order valence-electron chi connectivity index (χ2n) is 7.76. The van der Waals surface area contributed by atoms with Crippen molar-refractivity contribution in [3.8, 4) is 0 Å². The van der Waals surface area contributed by atoms with E-state index in [4.69, 9.17) is 17.3 Å². The Morgan fingerprint density at radius 2 is 1.92 bits per heavy atom. The number of rotatable bonds is 5. The van der Waals surface area contributed by atoms with Gasteiger partial charge in [0.2, 0.25) is 5.91 Å². The van der Waals surface area contributed by atoms with Crippen molar-refractivity contribution in [2.45, 2.75) is 43.9 Å². The molecule has 2 heterocycles. The fraction of sp³-hybridized carbons (Fsp3) is 0.350. The first-order chi connectivity index (χ1) is 12.3. The van der Waals surface area contributed by atoms with E-state index in [-0.39, 0.29) is 17.7 Å². The number of aromatic nitrogens is 3. The maximum absolute atomic E-state index is 11.5. The zero-order valence-corrected chi connectivity index (χ0v) is 15.6. The Morgan fingerprint density at radius 3 is 2.54 bits per heavy atom. The van der Waals surface area contributed by atoms with Crippen LogP contribution in [0, 0.1) is 0 Å². The van der Waals surface area contributed by atoms with Gasteiger partial charge in [0, 0.05) is 28.6 Å². The van der Waals surface area contributed by atoms with Crippen LogP contribution in [0.5, 0.6) is 0 Å². The molecule has 1 fully saturated rings. The van der Waals surface area contributed by atoms with E-state index in [0.29, 0.717) is 0 Å². The minimum absolute atomic E-state index is 0.115. The number of hydrogen-bond donors (Lipinski definition) is 1. The minimum atomic E-state index is -0.407. The van der Waals surface area contributed by atoms with Gasteiger partial charge in [0.05, 0.1) is 5.41 Å². The lowest BCUT2D eigenvalue weighted by Crippen LogP contribution is -2.27. The van der Waals surface area contributed by atoms with Crippen LogP contribution in [0.2, 0.25) is 5.02 Å². The lowest BCUT2D eigenvalue weighted by Gasteiger charge is -2.24. The van der Waals surface area contributed by atoms with E-state index < -0.39 is 5.41 Å². The molecular weight excluding hydrogens is 348 g/mol. The average Bonchev–Trinajstić information content (AvgIpc) is 3.26. The number of pyridine rings is 1. The molecule has 0 atom stereocenters. The fourth-order valence-corrected chi connectivity index (χ4v) is 3.96. The summed E-state index contributed by atoms with van der Waals surface area (Å²) in [4.78, 5) is 11.5. The molecular formula is C20H21ClN4O. The van der Waals surface area contributed by atoms with Crippen molar-refractivity contribution in [1.29, 1.82) is 0 Å². The van der Waals surface area contributed by atoms with Gasteiger partial charge in [-0.3, -0.25) is 9.20 Å². The largest absolute Gasteiger partial charge is 0.370 e. The second-order valence-corrected chi connectivity index (χ2v) is 8.19. The van der Waals surface area contributed by atoms with Gasteiger partial charge in [0.1, 0.15) is 5.82 Å². The van der Waals surface area contributed by atoms with Gasteiger partial charge in [-0.2, -0.15) is 0 Å². The van der Waals surface area contributed by atoms with Crippen molar-refractivity contribution < 1.29 is 4.79 Å². The average molecular weight is 369 g/mol. The van der Waals surface area contributed by atoms with Gasteiger partial charge in [-0.05, 0) is 36.6 Å². The first-order valence-corrected chi connectivity index (χ1v) is 9.10. The third-order valence-corrected chi connectivity index (χ3v) is 5.61. The molecule has 2 N–H and O–H groups in total. The zero-order valence-electron chi connectivity index (χ0n) is 14.9. The van der Waals surface area contributed by atoms with Crippen molar-refractivity contribution in [2.24, 2.45) is 5.73 Å². The number of benzene rings is 1. The summed E-state index contributed by atoms with van der Waals surface area (Å²) in [6.07, 6.45) is 4.32. The molecule has 0 bridgehead atoms. The first-order valence-electron chi connectivity index (χ1n) is 8.73. The van der Waals surface area contributed by atoms with Crippen LogP contribution in [-0.4, -0.2) is 20.5 Å². The molecule has 1 aliphatic rings. The maximum Gasteiger partial charge on any atom is 0.218 e. The highest BCUT2D eigenvalue weighted by atomic mass is 35.5. The molecule has 2 aromatic heterocycles. The van der Waals surface area contributed by atoms with Crippen molar-refractivity contribution in [3.05, 3.63) is 64.6 Å². The fourth-order valence-electron chi connectivity index (χ4n) is 3.84. The smallest absolute Gasteiger partial charge is 0.218 e. The molecule has 1 aliphatic carbocycles. The van der Waals surface area contributed by atoms with Crippen LogP contribution >= 0.6 is 11.6 Å². The molecule has 5 nitrogen and oxygen atoms in total. The predicted molar refractivity (Wildman–Crippen MR) is 101 cm³/mol. The third-order valence-electron chi connectivity index (χ3n) is 5.35. The molecule has 1 aromatic carbocycles. The predicted octanol–water partition coefficient (Wildman–Crippen LogP) is 3.62.